The van der Waals surface area contributed by atoms with Gasteiger partial charge in [0.05, 0.1) is 13.3 Å². The molecule has 0 aliphatic carbocycles. The molecule has 0 unspecified atom stereocenters. The summed E-state index contributed by atoms with van der Waals surface area (Å²) in [5.41, 5.74) is 15.2. The molecule has 0 fully saturated rings. The number of aromatic nitrogens is 3. The number of nitrogens with two attached hydrogens (primary N) is 2. The van der Waals surface area contributed by atoms with Gasteiger partial charge in [-0.05, 0) is 17.7 Å². The van der Waals surface area contributed by atoms with Gasteiger partial charge in [0.15, 0.2) is 17.4 Å². The molecule has 4 rings (SSSR count). The van der Waals surface area contributed by atoms with Crippen molar-refractivity contribution in [3.63, 3.8) is 0 Å². The zero-order chi connectivity index (χ0) is 21.1. The lowest BCUT2D eigenvalue weighted by Gasteiger charge is -2.12. The molecule has 8 heteroatoms. The van der Waals surface area contributed by atoms with Crippen molar-refractivity contribution < 1.29 is 9.53 Å². The number of rotatable bonds is 7. The summed E-state index contributed by atoms with van der Waals surface area (Å²) in [6, 6.07) is 15.3. The number of aromatic amines is 1. The first-order valence-corrected chi connectivity index (χ1v) is 9.45. The van der Waals surface area contributed by atoms with Gasteiger partial charge in [-0.1, -0.05) is 36.4 Å². The molecule has 2 heterocycles. The van der Waals surface area contributed by atoms with Gasteiger partial charge in [0.25, 0.3) is 0 Å². The van der Waals surface area contributed by atoms with Crippen LogP contribution in [0.5, 0.6) is 5.75 Å². The normalized spacial score (nSPS) is 10.9. The second-order valence-electron chi connectivity index (χ2n) is 6.72. The Hall–Kier alpha value is -3.91. The van der Waals surface area contributed by atoms with Crippen molar-refractivity contribution in [3.05, 3.63) is 71.5 Å². The highest BCUT2D eigenvalue weighted by molar-refractivity contribution is 6.11. The third-order valence-corrected chi connectivity index (χ3v) is 4.87. The summed E-state index contributed by atoms with van der Waals surface area (Å²) in [7, 11) is 1.56. The molecule has 152 valence electrons. The smallest absolute Gasteiger partial charge is 0.249 e. The zero-order valence-electron chi connectivity index (χ0n) is 16.5. The molecule has 4 aromatic rings. The highest BCUT2D eigenvalue weighted by atomic mass is 16.5. The van der Waals surface area contributed by atoms with Crippen LogP contribution in [0.15, 0.2) is 54.7 Å². The fourth-order valence-corrected chi connectivity index (χ4v) is 3.46. The maximum absolute atomic E-state index is 12.0. The SMILES string of the molecule is COc1cnc(-c2c(CN)[nH]c3cccc(C(N)=O)c23)nc1NCc1ccccc1. The molecule has 0 aliphatic heterocycles. The average molecular weight is 402 g/mol. The number of nitrogens with zero attached hydrogens (tertiary/aromatic N) is 2. The Morgan fingerprint density at radius 3 is 2.67 bits per heavy atom. The molecular formula is C22H22N6O2. The second-order valence-corrected chi connectivity index (χ2v) is 6.72. The molecule has 30 heavy (non-hydrogen) atoms. The predicted octanol–water partition coefficient (Wildman–Crippen LogP) is 2.80. The summed E-state index contributed by atoms with van der Waals surface area (Å²) in [5, 5.41) is 3.95. The van der Waals surface area contributed by atoms with E-state index in [9.17, 15) is 4.79 Å². The molecule has 0 radical (unpaired) electrons. The number of anilines is 1. The van der Waals surface area contributed by atoms with Crippen LogP contribution in [0.25, 0.3) is 22.3 Å². The minimum Gasteiger partial charge on any atom is -0.491 e. The molecule has 0 saturated carbocycles. The van der Waals surface area contributed by atoms with Gasteiger partial charge in [-0.15, -0.1) is 0 Å². The number of H-pyrrole nitrogens is 1. The van der Waals surface area contributed by atoms with Crippen LogP contribution in [0.3, 0.4) is 0 Å². The molecule has 0 aliphatic rings. The summed E-state index contributed by atoms with van der Waals surface area (Å²) >= 11 is 0. The van der Waals surface area contributed by atoms with Crippen LogP contribution >= 0.6 is 0 Å². The maximum Gasteiger partial charge on any atom is 0.249 e. The van der Waals surface area contributed by atoms with Gasteiger partial charge in [-0.25, -0.2) is 9.97 Å². The van der Waals surface area contributed by atoms with Gasteiger partial charge in [0, 0.05) is 40.8 Å². The number of nitrogens with one attached hydrogen (secondary N) is 2. The summed E-state index contributed by atoms with van der Waals surface area (Å²) in [6.07, 6.45) is 1.60. The number of methoxy groups -OCH3 is 1. The summed E-state index contributed by atoms with van der Waals surface area (Å²) < 4.78 is 5.42. The summed E-state index contributed by atoms with van der Waals surface area (Å²) in [5.74, 6) is 0.950. The summed E-state index contributed by atoms with van der Waals surface area (Å²) in [4.78, 5) is 24.4. The number of fused-ring (bicyclic) bond motifs is 1. The minimum atomic E-state index is -0.527. The first kappa shape index (κ1) is 19.4. The monoisotopic (exact) mass is 402 g/mol. The molecule has 0 saturated heterocycles. The predicted molar refractivity (Wildman–Crippen MR) is 116 cm³/mol. The molecular weight excluding hydrogens is 380 g/mol. The largest absolute Gasteiger partial charge is 0.491 e. The topological polar surface area (TPSA) is 132 Å². The van der Waals surface area contributed by atoms with Gasteiger partial charge < -0.3 is 26.5 Å². The lowest BCUT2D eigenvalue weighted by atomic mass is 10.0. The van der Waals surface area contributed by atoms with Gasteiger partial charge >= 0.3 is 0 Å². The second kappa shape index (κ2) is 8.22. The van der Waals surface area contributed by atoms with Crippen molar-refractivity contribution in [1.29, 1.82) is 0 Å². The number of benzene rings is 2. The standard InChI is InChI=1S/C22H22N6O2/c1-30-17-12-26-22(28-21(17)25-11-13-6-3-2-4-7-13)19-16(10-23)27-15-9-5-8-14(18(15)19)20(24)29/h2-9,12,27H,10-11,23H2,1H3,(H2,24,29)(H,25,26,28). The highest BCUT2D eigenvalue weighted by Gasteiger charge is 2.21. The Morgan fingerprint density at radius 2 is 1.97 bits per heavy atom. The molecule has 0 spiro atoms. The number of ether oxygens (including phenoxy) is 1. The third-order valence-electron chi connectivity index (χ3n) is 4.87. The van der Waals surface area contributed by atoms with Gasteiger partial charge in [-0.3, -0.25) is 4.79 Å². The number of primary amides is 1. The Bertz CT molecular complexity index is 1200. The van der Waals surface area contributed by atoms with E-state index in [2.05, 4.69) is 20.3 Å². The van der Waals surface area contributed by atoms with E-state index >= 15 is 0 Å². The van der Waals surface area contributed by atoms with Crippen molar-refractivity contribution in [1.82, 2.24) is 15.0 Å². The van der Waals surface area contributed by atoms with Crippen molar-refractivity contribution >= 4 is 22.6 Å². The molecule has 2 aromatic heterocycles. The van der Waals surface area contributed by atoms with E-state index in [1.165, 1.54) is 0 Å². The van der Waals surface area contributed by atoms with E-state index in [0.717, 1.165) is 16.8 Å². The highest BCUT2D eigenvalue weighted by Crippen LogP contribution is 2.34. The van der Waals surface area contributed by atoms with Gasteiger partial charge in [0.1, 0.15) is 0 Å². The van der Waals surface area contributed by atoms with Crippen LogP contribution in [0.4, 0.5) is 5.82 Å². The maximum atomic E-state index is 12.0. The molecule has 8 nitrogen and oxygen atoms in total. The van der Waals surface area contributed by atoms with Crippen molar-refractivity contribution in [2.24, 2.45) is 11.5 Å². The van der Waals surface area contributed by atoms with E-state index in [1.807, 2.05) is 36.4 Å². The zero-order valence-corrected chi connectivity index (χ0v) is 16.5. The Labute approximate surface area is 173 Å². The molecule has 1 amide bonds. The van der Waals surface area contributed by atoms with Crippen LogP contribution in [-0.2, 0) is 13.1 Å². The fourth-order valence-electron chi connectivity index (χ4n) is 3.46. The lowest BCUT2D eigenvalue weighted by Crippen LogP contribution is -2.11. The third kappa shape index (κ3) is 3.56. The Balaban J connectivity index is 1.82. The number of carbonyl (C=O) groups is 1. The first-order chi connectivity index (χ1) is 14.6. The number of hydrogen-bond donors (Lipinski definition) is 4. The van der Waals surface area contributed by atoms with E-state index < -0.39 is 5.91 Å². The van der Waals surface area contributed by atoms with Crippen LogP contribution < -0.4 is 21.5 Å². The van der Waals surface area contributed by atoms with E-state index in [-0.39, 0.29) is 6.54 Å². The number of carbonyl (C=O) groups excluding carboxylic acids is 1. The van der Waals surface area contributed by atoms with E-state index in [1.54, 1.807) is 25.4 Å². The van der Waals surface area contributed by atoms with Crippen molar-refractivity contribution in [2.75, 3.05) is 12.4 Å². The molecule has 6 N–H and O–H groups in total. The average Bonchev–Trinajstić information content (AvgIpc) is 3.16. The van der Waals surface area contributed by atoms with Crippen LogP contribution in [0, 0.1) is 0 Å². The van der Waals surface area contributed by atoms with Crippen LogP contribution in [0.2, 0.25) is 0 Å². The Morgan fingerprint density at radius 1 is 1.17 bits per heavy atom. The molecule has 2 aromatic carbocycles. The van der Waals surface area contributed by atoms with Gasteiger partial charge in [0.2, 0.25) is 5.91 Å². The molecule has 0 bridgehead atoms. The van der Waals surface area contributed by atoms with Crippen LogP contribution in [0.1, 0.15) is 21.6 Å². The van der Waals surface area contributed by atoms with Crippen molar-refractivity contribution in [3.8, 4) is 17.1 Å². The van der Waals surface area contributed by atoms with Crippen molar-refractivity contribution in [2.45, 2.75) is 13.1 Å². The minimum absolute atomic E-state index is 0.227. The Kier molecular flexibility index (Phi) is 5.32. The number of hydrogen-bond acceptors (Lipinski definition) is 6. The fraction of sp³-hybridized carbons (Fsp3) is 0.136. The first-order valence-electron chi connectivity index (χ1n) is 9.45. The number of amides is 1. The lowest BCUT2D eigenvalue weighted by molar-refractivity contribution is 0.100. The molecule has 0 atom stereocenters. The van der Waals surface area contributed by atoms with Gasteiger partial charge in [-0.2, -0.15) is 0 Å². The van der Waals surface area contributed by atoms with E-state index in [0.29, 0.717) is 40.4 Å². The van der Waals surface area contributed by atoms with Crippen LogP contribution in [-0.4, -0.2) is 28.0 Å². The summed E-state index contributed by atoms with van der Waals surface area (Å²) in [6.45, 7) is 0.794. The van der Waals surface area contributed by atoms with E-state index in [4.69, 9.17) is 16.2 Å². The quantitative estimate of drug-likeness (QED) is 0.376.